The summed E-state index contributed by atoms with van der Waals surface area (Å²) >= 11 is 0. The number of carbonyl (C=O) groups is 1. The molecule has 0 unspecified atom stereocenters. The fourth-order valence-corrected chi connectivity index (χ4v) is 3.16. The van der Waals surface area contributed by atoms with Gasteiger partial charge in [-0.3, -0.25) is 0 Å². The minimum Gasteiger partial charge on any atom is -0.487 e. The maximum Gasteiger partial charge on any atom is 0.338 e. The number of hydrogen-bond donors (Lipinski definition) is 0. The number of ether oxygens (including phenoxy) is 2. The van der Waals surface area contributed by atoms with Gasteiger partial charge in [0.25, 0.3) is 0 Å². The first kappa shape index (κ1) is 16.6. The lowest BCUT2D eigenvalue weighted by Crippen LogP contribution is -2.06. The molecule has 26 heavy (non-hydrogen) atoms. The standard InChI is InChI=1S/C21H22N2O3/c1-3-25-21(24)16-11-17-19(22-20(23(17)2)15-9-10-15)18(12-16)26-13-14-7-5-4-6-8-14/h4-8,11-12,15H,3,9-10,13H2,1-2H3. The zero-order valence-electron chi connectivity index (χ0n) is 15.1. The van der Waals surface area contributed by atoms with E-state index < -0.39 is 0 Å². The van der Waals surface area contributed by atoms with Crippen molar-refractivity contribution in [3.05, 3.63) is 59.4 Å². The lowest BCUT2D eigenvalue weighted by Gasteiger charge is -2.10. The Hall–Kier alpha value is -2.82. The van der Waals surface area contributed by atoms with E-state index in [0.717, 1.165) is 22.4 Å². The topological polar surface area (TPSA) is 53.4 Å². The predicted octanol–water partition coefficient (Wildman–Crippen LogP) is 4.21. The molecule has 0 spiro atoms. The minimum absolute atomic E-state index is 0.340. The van der Waals surface area contributed by atoms with Gasteiger partial charge in [0, 0.05) is 13.0 Å². The van der Waals surface area contributed by atoms with Crippen molar-refractivity contribution < 1.29 is 14.3 Å². The summed E-state index contributed by atoms with van der Waals surface area (Å²) in [6.45, 7) is 2.58. The number of rotatable bonds is 6. The molecule has 3 aromatic rings. The molecule has 5 heteroatoms. The fraction of sp³-hybridized carbons (Fsp3) is 0.333. The van der Waals surface area contributed by atoms with Crippen LogP contribution in [-0.2, 0) is 18.4 Å². The van der Waals surface area contributed by atoms with Crippen LogP contribution in [0.15, 0.2) is 42.5 Å². The summed E-state index contributed by atoms with van der Waals surface area (Å²) in [5.41, 5.74) is 3.27. The Morgan fingerprint density at radius 1 is 1.23 bits per heavy atom. The highest BCUT2D eigenvalue weighted by Gasteiger charge is 2.29. The highest BCUT2D eigenvalue weighted by atomic mass is 16.5. The molecule has 0 saturated heterocycles. The molecule has 1 aliphatic rings. The van der Waals surface area contributed by atoms with E-state index in [4.69, 9.17) is 14.5 Å². The fourth-order valence-electron chi connectivity index (χ4n) is 3.16. The molecule has 0 radical (unpaired) electrons. The third-order valence-corrected chi connectivity index (χ3v) is 4.68. The lowest BCUT2D eigenvalue weighted by atomic mass is 10.1. The third kappa shape index (κ3) is 3.17. The second kappa shape index (κ2) is 6.83. The summed E-state index contributed by atoms with van der Waals surface area (Å²) < 4.78 is 13.3. The largest absolute Gasteiger partial charge is 0.487 e. The second-order valence-corrected chi connectivity index (χ2v) is 6.64. The molecule has 1 fully saturated rings. The van der Waals surface area contributed by atoms with Crippen molar-refractivity contribution in [2.75, 3.05) is 6.61 Å². The molecule has 0 bridgehead atoms. The van der Waals surface area contributed by atoms with E-state index in [9.17, 15) is 4.79 Å². The Labute approximate surface area is 152 Å². The van der Waals surface area contributed by atoms with Crippen molar-refractivity contribution in [3.63, 3.8) is 0 Å². The zero-order chi connectivity index (χ0) is 18.1. The maximum atomic E-state index is 12.3. The molecule has 0 N–H and O–H groups in total. The smallest absolute Gasteiger partial charge is 0.338 e. The Morgan fingerprint density at radius 3 is 2.69 bits per heavy atom. The van der Waals surface area contributed by atoms with E-state index in [1.807, 2.05) is 43.4 Å². The molecule has 4 rings (SSSR count). The van der Waals surface area contributed by atoms with Crippen LogP contribution in [0, 0.1) is 0 Å². The number of imidazole rings is 1. The van der Waals surface area contributed by atoms with Crippen LogP contribution in [0.25, 0.3) is 11.0 Å². The van der Waals surface area contributed by atoms with Crippen molar-refractivity contribution >= 4 is 17.0 Å². The number of aromatic nitrogens is 2. The quantitative estimate of drug-likeness (QED) is 0.625. The van der Waals surface area contributed by atoms with Crippen LogP contribution in [0.2, 0.25) is 0 Å². The van der Waals surface area contributed by atoms with Gasteiger partial charge in [-0.1, -0.05) is 30.3 Å². The monoisotopic (exact) mass is 350 g/mol. The normalized spacial score (nSPS) is 13.8. The molecule has 1 saturated carbocycles. The van der Waals surface area contributed by atoms with Gasteiger partial charge < -0.3 is 14.0 Å². The molecule has 5 nitrogen and oxygen atoms in total. The summed E-state index contributed by atoms with van der Waals surface area (Å²) in [6, 6.07) is 13.6. The van der Waals surface area contributed by atoms with Crippen LogP contribution >= 0.6 is 0 Å². The average molecular weight is 350 g/mol. The Bertz CT molecular complexity index is 943. The number of esters is 1. The average Bonchev–Trinajstić information content (AvgIpc) is 3.45. The van der Waals surface area contributed by atoms with Gasteiger partial charge in [-0.05, 0) is 37.5 Å². The van der Waals surface area contributed by atoms with Gasteiger partial charge in [0.1, 0.15) is 23.7 Å². The number of aryl methyl sites for hydroxylation is 1. The molecular formula is C21H22N2O3. The van der Waals surface area contributed by atoms with Crippen LogP contribution in [0.3, 0.4) is 0 Å². The summed E-state index contributed by atoms with van der Waals surface area (Å²) in [5, 5.41) is 0. The van der Waals surface area contributed by atoms with Crippen molar-refractivity contribution in [1.29, 1.82) is 0 Å². The van der Waals surface area contributed by atoms with Crippen LogP contribution in [0.1, 0.15) is 47.4 Å². The van der Waals surface area contributed by atoms with Crippen LogP contribution in [0.4, 0.5) is 0 Å². The molecule has 2 aromatic carbocycles. The van der Waals surface area contributed by atoms with Gasteiger partial charge in [0.05, 0.1) is 17.7 Å². The molecule has 1 heterocycles. The van der Waals surface area contributed by atoms with E-state index in [0.29, 0.717) is 30.4 Å². The SMILES string of the molecule is CCOC(=O)c1cc(OCc2ccccc2)c2nc(C3CC3)n(C)c2c1. The van der Waals surface area contributed by atoms with Gasteiger partial charge in [0.15, 0.2) is 0 Å². The van der Waals surface area contributed by atoms with Gasteiger partial charge in [0.2, 0.25) is 0 Å². The number of benzene rings is 2. The number of carbonyl (C=O) groups excluding carboxylic acids is 1. The van der Waals surface area contributed by atoms with Crippen molar-refractivity contribution in [2.45, 2.75) is 32.3 Å². The molecule has 134 valence electrons. The molecule has 1 aromatic heterocycles. The minimum atomic E-state index is -0.340. The van der Waals surface area contributed by atoms with E-state index >= 15 is 0 Å². The number of nitrogens with zero attached hydrogens (tertiary/aromatic N) is 2. The molecule has 0 amide bonds. The van der Waals surface area contributed by atoms with Gasteiger partial charge in [-0.2, -0.15) is 0 Å². The van der Waals surface area contributed by atoms with Gasteiger partial charge in [-0.15, -0.1) is 0 Å². The van der Waals surface area contributed by atoms with Crippen LogP contribution in [0.5, 0.6) is 5.75 Å². The Kier molecular flexibility index (Phi) is 4.37. The van der Waals surface area contributed by atoms with E-state index in [1.165, 1.54) is 12.8 Å². The maximum absolute atomic E-state index is 12.3. The van der Waals surface area contributed by atoms with Gasteiger partial charge >= 0.3 is 5.97 Å². The number of hydrogen-bond acceptors (Lipinski definition) is 4. The van der Waals surface area contributed by atoms with E-state index in [1.54, 1.807) is 13.0 Å². The summed E-state index contributed by atoms with van der Waals surface area (Å²) in [6.07, 6.45) is 2.34. The van der Waals surface area contributed by atoms with E-state index in [-0.39, 0.29) is 5.97 Å². The highest BCUT2D eigenvalue weighted by molar-refractivity contribution is 5.96. The summed E-state index contributed by atoms with van der Waals surface area (Å²) in [4.78, 5) is 17.1. The second-order valence-electron chi connectivity index (χ2n) is 6.64. The Morgan fingerprint density at radius 2 is 2.00 bits per heavy atom. The first-order valence-corrected chi connectivity index (χ1v) is 9.01. The van der Waals surface area contributed by atoms with Crippen molar-refractivity contribution in [3.8, 4) is 5.75 Å². The zero-order valence-corrected chi connectivity index (χ0v) is 15.1. The van der Waals surface area contributed by atoms with Crippen molar-refractivity contribution in [1.82, 2.24) is 9.55 Å². The summed E-state index contributed by atoms with van der Waals surface area (Å²) in [5.74, 6) is 1.86. The first-order chi connectivity index (χ1) is 12.7. The van der Waals surface area contributed by atoms with Crippen LogP contribution < -0.4 is 4.74 Å². The van der Waals surface area contributed by atoms with Gasteiger partial charge in [-0.25, -0.2) is 9.78 Å². The third-order valence-electron chi connectivity index (χ3n) is 4.68. The summed E-state index contributed by atoms with van der Waals surface area (Å²) in [7, 11) is 2.00. The lowest BCUT2D eigenvalue weighted by molar-refractivity contribution is 0.0526. The predicted molar refractivity (Wildman–Crippen MR) is 99.4 cm³/mol. The first-order valence-electron chi connectivity index (χ1n) is 9.01. The molecule has 0 atom stereocenters. The van der Waals surface area contributed by atoms with Crippen molar-refractivity contribution in [2.24, 2.45) is 7.05 Å². The molecule has 1 aliphatic carbocycles. The van der Waals surface area contributed by atoms with E-state index in [2.05, 4.69) is 4.57 Å². The highest BCUT2D eigenvalue weighted by Crippen LogP contribution is 2.41. The Balaban J connectivity index is 1.75. The van der Waals surface area contributed by atoms with Crippen LogP contribution in [-0.4, -0.2) is 22.1 Å². The number of fused-ring (bicyclic) bond motifs is 1. The molecule has 0 aliphatic heterocycles. The molecular weight excluding hydrogens is 328 g/mol.